The van der Waals surface area contributed by atoms with E-state index in [1.807, 2.05) is 25.1 Å². The monoisotopic (exact) mass is 333 g/mol. The molecule has 0 spiro atoms. The van der Waals surface area contributed by atoms with Gasteiger partial charge in [-0.1, -0.05) is 61.5 Å². The lowest BCUT2D eigenvalue weighted by Crippen LogP contribution is -2.28. The molecule has 124 valence electrons. The number of rotatable bonds is 6. The minimum Gasteiger partial charge on any atom is -0.469 e. The molecule has 0 radical (unpaired) electrons. The SMILES string of the molecule is COC(=O)C(C)CC(N)Cc1ccc(-c2ccccc2)cc1.Cl. The summed E-state index contributed by atoms with van der Waals surface area (Å²) in [6.45, 7) is 1.85. The summed E-state index contributed by atoms with van der Waals surface area (Å²) in [7, 11) is 1.41. The normalized spacial score (nSPS) is 12.8. The number of ether oxygens (including phenoxy) is 1. The van der Waals surface area contributed by atoms with E-state index < -0.39 is 0 Å². The Morgan fingerprint density at radius 1 is 1.04 bits per heavy atom. The van der Waals surface area contributed by atoms with Gasteiger partial charge in [0.1, 0.15) is 0 Å². The number of carbonyl (C=O) groups excluding carboxylic acids is 1. The molecule has 0 aliphatic heterocycles. The van der Waals surface area contributed by atoms with Crippen molar-refractivity contribution in [3.05, 3.63) is 60.2 Å². The van der Waals surface area contributed by atoms with Gasteiger partial charge in [0.2, 0.25) is 0 Å². The second kappa shape index (κ2) is 9.33. The van der Waals surface area contributed by atoms with E-state index in [-0.39, 0.29) is 30.3 Å². The predicted molar refractivity (Wildman–Crippen MR) is 96.6 cm³/mol. The molecule has 2 N–H and O–H groups in total. The summed E-state index contributed by atoms with van der Waals surface area (Å²) in [5, 5.41) is 0. The van der Waals surface area contributed by atoms with Crippen LogP contribution in [0.15, 0.2) is 54.6 Å². The lowest BCUT2D eigenvalue weighted by molar-refractivity contribution is -0.145. The average molecular weight is 334 g/mol. The molecule has 2 aromatic rings. The third kappa shape index (κ3) is 5.70. The molecule has 2 unspecified atom stereocenters. The Morgan fingerprint density at radius 2 is 1.61 bits per heavy atom. The molecule has 0 fully saturated rings. The van der Waals surface area contributed by atoms with E-state index in [1.165, 1.54) is 23.8 Å². The van der Waals surface area contributed by atoms with Crippen LogP contribution in [0.1, 0.15) is 18.9 Å². The zero-order chi connectivity index (χ0) is 15.9. The Bertz CT molecular complexity index is 599. The minimum absolute atomic E-state index is 0. The average Bonchev–Trinajstić information content (AvgIpc) is 2.55. The molecule has 0 bridgehead atoms. The van der Waals surface area contributed by atoms with Gasteiger partial charge < -0.3 is 10.5 Å². The van der Waals surface area contributed by atoms with Crippen molar-refractivity contribution in [2.45, 2.75) is 25.8 Å². The van der Waals surface area contributed by atoms with Crippen molar-refractivity contribution in [1.29, 1.82) is 0 Å². The van der Waals surface area contributed by atoms with Gasteiger partial charge in [0.15, 0.2) is 0 Å². The summed E-state index contributed by atoms with van der Waals surface area (Å²) >= 11 is 0. The predicted octanol–water partition coefficient (Wildman–Crippen LogP) is 3.84. The van der Waals surface area contributed by atoms with Crippen molar-refractivity contribution in [3.8, 4) is 11.1 Å². The summed E-state index contributed by atoms with van der Waals surface area (Å²) in [4.78, 5) is 11.4. The highest BCUT2D eigenvalue weighted by atomic mass is 35.5. The Balaban J connectivity index is 0.00000264. The number of halogens is 1. The molecule has 2 aromatic carbocycles. The van der Waals surface area contributed by atoms with Crippen molar-refractivity contribution in [2.75, 3.05) is 7.11 Å². The van der Waals surface area contributed by atoms with Gasteiger partial charge >= 0.3 is 5.97 Å². The lowest BCUT2D eigenvalue weighted by Gasteiger charge is -2.16. The van der Waals surface area contributed by atoms with Crippen molar-refractivity contribution >= 4 is 18.4 Å². The smallest absolute Gasteiger partial charge is 0.308 e. The number of hydrogen-bond acceptors (Lipinski definition) is 3. The first-order chi connectivity index (χ1) is 10.6. The van der Waals surface area contributed by atoms with Gasteiger partial charge in [0.05, 0.1) is 13.0 Å². The van der Waals surface area contributed by atoms with Gasteiger partial charge in [-0.15, -0.1) is 12.4 Å². The zero-order valence-corrected chi connectivity index (χ0v) is 14.4. The Labute approximate surface area is 144 Å². The minimum atomic E-state index is -0.199. The molecule has 3 nitrogen and oxygen atoms in total. The van der Waals surface area contributed by atoms with Crippen LogP contribution in [0.5, 0.6) is 0 Å². The number of esters is 1. The zero-order valence-electron chi connectivity index (χ0n) is 13.6. The fraction of sp³-hybridized carbons (Fsp3) is 0.316. The number of methoxy groups -OCH3 is 1. The van der Waals surface area contributed by atoms with Crippen LogP contribution in [-0.2, 0) is 16.0 Å². The van der Waals surface area contributed by atoms with Crippen molar-refractivity contribution < 1.29 is 9.53 Å². The second-order valence-electron chi connectivity index (χ2n) is 5.69. The van der Waals surface area contributed by atoms with Crippen LogP contribution in [0.25, 0.3) is 11.1 Å². The van der Waals surface area contributed by atoms with E-state index in [0.717, 1.165) is 6.42 Å². The molecular formula is C19H24ClNO2. The summed E-state index contributed by atoms with van der Waals surface area (Å²) in [5.74, 6) is -0.363. The largest absolute Gasteiger partial charge is 0.469 e. The molecule has 0 aliphatic carbocycles. The second-order valence-corrected chi connectivity index (χ2v) is 5.69. The first kappa shape index (κ1) is 19.2. The van der Waals surface area contributed by atoms with E-state index >= 15 is 0 Å². The first-order valence-corrected chi connectivity index (χ1v) is 7.58. The number of hydrogen-bond donors (Lipinski definition) is 1. The standard InChI is InChI=1S/C19H23NO2.ClH/c1-14(19(21)22-2)12-18(20)13-15-8-10-17(11-9-15)16-6-4-3-5-7-16;/h3-11,14,18H,12-13,20H2,1-2H3;1H. The van der Waals surface area contributed by atoms with E-state index in [4.69, 9.17) is 10.5 Å². The maximum atomic E-state index is 11.4. The number of carbonyl (C=O) groups is 1. The van der Waals surface area contributed by atoms with Gasteiger partial charge in [-0.25, -0.2) is 0 Å². The van der Waals surface area contributed by atoms with E-state index in [2.05, 4.69) is 36.4 Å². The van der Waals surface area contributed by atoms with Crippen molar-refractivity contribution in [1.82, 2.24) is 0 Å². The van der Waals surface area contributed by atoms with Crippen molar-refractivity contribution in [3.63, 3.8) is 0 Å². The fourth-order valence-corrected chi connectivity index (χ4v) is 2.60. The van der Waals surface area contributed by atoms with Crippen LogP contribution in [0.3, 0.4) is 0 Å². The highest BCUT2D eigenvalue weighted by Gasteiger charge is 2.17. The summed E-state index contributed by atoms with van der Waals surface area (Å²) < 4.78 is 4.73. The maximum Gasteiger partial charge on any atom is 0.308 e. The first-order valence-electron chi connectivity index (χ1n) is 7.58. The molecule has 23 heavy (non-hydrogen) atoms. The summed E-state index contributed by atoms with van der Waals surface area (Å²) in [6.07, 6.45) is 1.39. The van der Waals surface area contributed by atoms with Gasteiger partial charge in [-0.2, -0.15) is 0 Å². The van der Waals surface area contributed by atoms with E-state index in [9.17, 15) is 4.79 Å². The van der Waals surface area contributed by atoms with Crippen LogP contribution in [0.2, 0.25) is 0 Å². The molecule has 4 heteroatoms. The van der Waals surface area contributed by atoms with Crippen LogP contribution < -0.4 is 5.73 Å². The lowest BCUT2D eigenvalue weighted by atomic mass is 9.95. The van der Waals surface area contributed by atoms with Gasteiger partial charge in [0, 0.05) is 6.04 Å². The molecule has 0 aromatic heterocycles. The third-order valence-corrected chi connectivity index (χ3v) is 3.82. The molecule has 0 heterocycles. The highest BCUT2D eigenvalue weighted by Crippen LogP contribution is 2.20. The van der Waals surface area contributed by atoms with Crippen LogP contribution in [0, 0.1) is 5.92 Å². The quantitative estimate of drug-likeness (QED) is 0.817. The van der Waals surface area contributed by atoms with Crippen LogP contribution >= 0.6 is 12.4 Å². The Morgan fingerprint density at radius 3 is 2.17 bits per heavy atom. The molecule has 0 aliphatic rings. The van der Waals surface area contributed by atoms with E-state index in [1.54, 1.807) is 0 Å². The van der Waals surface area contributed by atoms with Gasteiger partial charge in [0.25, 0.3) is 0 Å². The topological polar surface area (TPSA) is 52.3 Å². The van der Waals surface area contributed by atoms with Crippen molar-refractivity contribution in [2.24, 2.45) is 11.7 Å². The molecule has 2 atom stereocenters. The summed E-state index contributed by atoms with van der Waals surface area (Å²) in [6, 6.07) is 18.7. The maximum absolute atomic E-state index is 11.4. The Hall–Kier alpha value is -1.84. The van der Waals surface area contributed by atoms with Gasteiger partial charge in [-0.05, 0) is 29.5 Å². The van der Waals surface area contributed by atoms with E-state index in [0.29, 0.717) is 6.42 Å². The molecular weight excluding hydrogens is 310 g/mol. The molecule has 2 rings (SSSR count). The number of benzene rings is 2. The fourth-order valence-electron chi connectivity index (χ4n) is 2.60. The Kier molecular flexibility index (Phi) is 7.79. The molecule has 0 saturated carbocycles. The molecule has 0 saturated heterocycles. The van der Waals surface area contributed by atoms with Crippen LogP contribution in [0.4, 0.5) is 0 Å². The highest BCUT2D eigenvalue weighted by molar-refractivity contribution is 5.85. The van der Waals surface area contributed by atoms with Gasteiger partial charge in [-0.3, -0.25) is 4.79 Å². The molecule has 0 amide bonds. The number of nitrogens with two attached hydrogens (primary N) is 1. The summed E-state index contributed by atoms with van der Waals surface area (Å²) in [5.41, 5.74) is 9.73. The van der Waals surface area contributed by atoms with Crippen LogP contribution in [-0.4, -0.2) is 19.1 Å². The third-order valence-electron chi connectivity index (χ3n) is 3.82.